The molecule has 0 saturated heterocycles. The molecular formula is C27H30N6. The molecule has 0 aliphatic carbocycles. The van der Waals surface area contributed by atoms with Gasteiger partial charge in [-0.3, -0.25) is 0 Å². The number of aromatic nitrogens is 3. The third-order valence-electron chi connectivity index (χ3n) is 5.63. The van der Waals surface area contributed by atoms with E-state index in [1.165, 1.54) is 16.7 Å². The number of nitrogen functional groups attached to an aromatic ring is 3. The van der Waals surface area contributed by atoms with E-state index in [-0.39, 0.29) is 0 Å². The van der Waals surface area contributed by atoms with Gasteiger partial charge in [0.05, 0.1) is 0 Å². The van der Waals surface area contributed by atoms with Gasteiger partial charge in [-0.25, -0.2) is 15.0 Å². The summed E-state index contributed by atoms with van der Waals surface area (Å²) in [5.74, 6) is 2.50. The van der Waals surface area contributed by atoms with Gasteiger partial charge >= 0.3 is 0 Å². The molecule has 0 aliphatic heterocycles. The first-order valence-corrected chi connectivity index (χ1v) is 11.3. The topological polar surface area (TPSA) is 117 Å². The standard InChI is InChI=1S/C27H30N6/c28-22-10-1-19(2-11-22)7-16-25-31-26(17-8-20-3-12-23(29)13-4-20)33-27(32-25)18-9-21-5-14-24(30)15-6-21/h1-6,10-15H,7-9,16-18,28-30H2. The molecule has 0 aliphatic rings. The van der Waals surface area contributed by atoms with Crippen molar-refractivity contribution in [1.29, 1.82) is 0 Å². The van der Waals surface area contributed by atoms with E-state index in [1.807, 2.05) is 36.4 Å². The van der Waals surface area contributed by atoms with E-state index in [0.29, 0.717) is 0 Å². The fourth-order valence-electron chi connectivity index (χ4n) is 3.68. The average Bonchev–Trinajstić information content (AvgIpc) is 2.83. The molecule has 6 heteroatoms. The maximum atomic E-state index is 5.81. The van der Waals surface area contributed by atoms with Crippen molar-refractivity contribution in [1.82, 2.24) is 15.0 Å². The summed E-state index contributed by atoms with van der Waals surface area (Å²) in [7, 11) is 0. The highest BCUT2D eigenvalue weighted by Crippen LogP contribution is 2.13. The minimum absolute atomic E-state index is 0.760. The molecule has 0 spiro atoms. The van der Waals surface area contributed by atoms with Gasteiger partial charge in [-0.2, -0.15) is 0 Å². The first-order chi connectivity index (χ1) is 16.0. The van der Waals surface area contributed by atoms with Gasteiger partial charge in [-0.15, -0.1) is 0 Å². The molecular weight excluding hydrogens is 408 g/mol. The van der Waals surface area contributed by atoms with Crippen LogP contribution in [0.4, 0.5) is 17.1 Å². The zero-order valence-corrected chi connectivity index (χ0v) is 18.7. The second kappa shape index (κ2) is 10.6. The van der Waals surface area contributed by atoms with E-state index < -0.39 is 0 Å². The molecule has 4 aromatic rings. The Hall–Kier alpha value is -3.93. The fraction of sp³-hybridized carbons (Fsp3) is 0.222. The van der Waals surface area contributed by atoms with Gasteiger partial charge in [0, 0.05) is 36.3 Å². The number of rotatable bonds is 9. The van der Waals surface area contributed by atoms with E-state index in [1.54, 1.807) is 0 Å². The fourth-order valence-corrected chi connectivity index (χ4v) is 3.68. The van der Waals surface area contributed by atoms with E-state index >= 15 is 0 Å². The van der Waals surface area contributed by atoms with Crippen LogP contribution in [0, 0.1) is 0 Å². The Labute approximate surface area is 194 Å². The van der Waals surface area contributed by atoms with Crippen LogP contribution in [-0.2, 0) is 38.5 Å². The third-order valence-corrected chi connectivity index (χ3v) is 5.63. The van der Waals surface area contributed by atoms with Crippen molar-refractivity contribution in [2.75, 3.05) is 17.2 Å². The van der Waals surface area contributed by atoms with E-state index in [2.05, 4.69) is 36.4 Å². The molecule has 0 fully saturated rings. The Morgan fingerprint density at radius 3 is 0.848 bits per heavy atom. The van der Waals surface area contributed by atoms with Gasteiger partial charge in [-0.1, -0.05) is 36.4 Å². The zero-order valence-electron chi connectivity index (χ0n) is 18.7. The molecule has 0 saturated carbocycles. The van der Waals surface area contributed by atoms with Gasteiger partial charge in [0.1, 0.15) is 17.5 Å². The monoisotopic (exact) mass is 438 g/mol. The number of hydrogen-bond donors (Lipinski definition) is 3. The lowest BCUT2D eigenvalue weighted by molar-refractivity contribution is 0.721. The van der Waals surface area contributed by atoms with Crippen LogP contribution >= 0.6 is 0 Å². The summed E-state index contributed by atoms with van der Waals surface area (Å²) in [6.07, 6.45) is 4.86. The second-order valence-corrected chi connectivity index (χ2v) is 8.31. The molecule has 33 heavy (non-hydrogen) atoms. The molecule has 6 nitrogen and oxygen atoms in total. The maximum absolute atomic E-state index is 5.81. The lowest BCUT2D eigenvalue weighted by atomic mass is 10.1. The summed E-state index contributed by atoms with van der Waals surface area (Å²) in [6, 6.07) is 23.9. The Kier molecular flexibility index (Phi) is 7.15. The lowest BCUT2D eigenvalue weighted by Crippen LogP contribution is -2.11. The molecule has 0 amide bonds. The number of hydrogen-bond acceptors (Lipinski definition) is 6. The van der Waals surface area contributed by atoms with Crippen molar-refractivity contribution >= 4 is 17.1 Å². The average molecular weight is 439 g/mol. The van der Waals surface area contributed by atoms with E-state index in [0.717, 1.165) is 73.1 Å². The minimum atomic E-state index is 0.760. The molecule has 0 radical (unpaired) electrons. The van der Waals surface area contributed by atoms with Crippen LogP contribution in [-0.4, -0.2) is 15.0 Å². The Morgan fingerprint density at radius 2 is 0.606 bits per heavy atom. The third kappa shape index (κ3) is 6.77. The molecule has 1 aromatic heterocycles. The molecule has 0 bridgehead atoms. The summed E-state index contributed by atoms with van der Waals surface area (Å²) in [4.78, 5) is 14.3. The Bertz CT molecular complexity index is 1010. The van der Waals surface area contributed by atoms with E-state index in [4.69, 9.17) is 32.2 Å². The first-order valence-electron chi connectivity index (χ1n) is 11.3. The van der Waals surface area contributed by atoms with E-state index in [9.17, 15) is 0 Å². The normalized spacial score (nSPS) is 10.9. The van der Waals surface area contributed by atoms with Crippen LogP contribution in [0.5, 0.6) is 0 Å². The van der Waals surface area contributed by atoms with Crippen LogP contribution in [0.3, 0.4) is 0 Å². The van der Waals surface area contributed by atoms with Crippen LogP contribution in [0.15, 0.2) is 72.8 Å². The van der Waals surface area contributed by atoms with Crippen LogP contribution < -0.4 is 17.2 Å². The van der Waals surface area contributed by atoms with Gasteiger partial charge in [0.25, 0.3) is 0 Å². The van der Waals surface area contributed by atoms with Gasteiger partial charge < -0.3 is 17.2 Å². The number of benzene rings is 3. The van der Waals surface area contributed by atoms with Gasteiger partial charge in [0.15, 0.2) is 0 Å². The molecule has 0 atom stereocenters. The SMILES string of the molecule is Nc1ccc(CCc2nc(CCc3ccc(N)cc3)nc(CCc3ccc(N)cc3)n2)cc1. The van der Waals surface area contributed by atoms with Crippen LogP contribution in [0.1, 0.15) is 34.2 Å². The predicted octanol–water partition coefficient (Wildman–Crippen LogP) is 3.97. The van der Waals surface area contributed by atoms with Crippen molar-refractivity contribution in [2.24, 2.45) is 0 Å². The summed E-state index contributed by atoms with van der Waals surface area (Å²) in [5, 5.41) is 0. The quantitative estimate of drug-likeness (QED) is 0.340. The molecule has 0 unspecified atom stereocenters. The largest absolute Gasteiger partial charge is 0.399 e. The molecule has 3 aromatic carbocycles. The molecule has 4 rings (SSSR count). The van der Waals surface area contributed by atoms with Crippen molar-refractivity contribution in [3.8, 4) is 0 Å². The van der Waals surface area contributed by atoms with Crippen molar-refractivity contribution in [3.63, 3.8) is 0 Å². The smallest absolute Gasteiger partial charge is 0.132 e. The maximum Gasteiger partial charge on any atom is 0.132 e. The van der Waals surface area contributed by atoms with Gasteiger partial charge in [0.2, 0.25) is 0 Å². The Morgan fingerprint density at radius 1 is 0.364 bits per heavy atom. The highest BCUT2D eigenvalue weighted by Gasteiger charge is 2.09. The minimum Gasteiger partial charge on any atom is -0.399 e. The Balaban J connectivity index is 1.48. The second-order valence-electron chi connectivity index (χ2n) is 8.31. The van der Waals surface area contributed by atoms with Crippen LogP contribution in [0.2, 0.25) is 0 Å². The summed E-state index contributed by atoms with van der Waals surface area (Å²) >= 11 is 0. The summed E-state index contributed by atoms with van der Waals surface area (Å²) in [5.41, 5.74) is 23.4. The number of nitrogens with two attached hydrogens (primary N) is 3. The first kappa shape index (κ1) is 22.3. The van der Waals surface area contributed by atoms with Crippen molar-refractivity contribution in [2.45, 2.75) is 38.5 Å². The summed E-state index contributed by atoms with van der Waals surface area (Å²) in [6.45, 7) is 0. The number of anilines is 3. The molecule has 1 heterocycles. The van der Waals surface area contributed by atoms with Gasteiger partial charge in [-0.05, 0) is 72.4 Å². The van der Waals surface area contributed by atoms with Crippen LogP contribution in [0.25, 0.3) is 0 Å². The highest BCUT2D eigenvalue weighted by molar-refractivity contribution is 5.40. The molecule has 6 N–H and O–H groups in total. The number of aryl methyl sites for hydroxylation is 6. The van der Waals surface area contributed by atoms with Crippen molar-refractivity contribution in [3.05, 3.63) is 107 Å². The predicted molar refractivity (Wildman–Crippen MR) is 135 cm³/mol. The zero-order chi connectivity index (χ0) is 23.0. The lowest BCUT2D eigenvalue weighted by Gasteiger charge is -2.09. The summed E-state index contributed by atoms with van der Waals surface area (Å²) < 4.78 is 0. The highest BCUT2D eigenvalue weighted by atomic mass is 15.0. The molecule has 168 valence electrons. The number of nitrogens with zero attached hydrogens (tertiary/aromatic N) is 3. The van der Waals surface area contributed by atoms with Crippen molar-refractivity contribution < 1.29 is 0 Å².